The molecule has 3 heterocycles. The minimum absolute atomic E-state index is 0.0198. The molecule has 0 radical (unpaired) electrons. The lowest BCUT2D eigenvalue weighted by molar-refractivity contribution is 0.201. The lowest BCUT2D eigenvalue weighted by Gasteiger charge is -2.25. The second kappa shape index (κ2) is 12.1. The van der Waals surface area contributed by atoms with Crippen LogP contribution in [-0.2, 0) is 6.42 Å². The molecule has 0 spiro atoms. The van der Waals surface area contributed by atoms with Crippen molar-refractivity contribution < 1.29 is 9.18 Å². The first-order chi connectivity index (χ1) is 18.5. The van der Waals surface area contributed by atoms with Crippen molar-refractivity contribution in [1.82, 2.24) is 30.0 Å². The molecule has 0 atom stereocenters. The Morgan fingerprint density at radius 3 is 2.58 bits per heavy atom. The summed E-state index contributed by atoms with van der Waals surface area (Å²) >= 11 is 0. The lowest BCUT2D eigenvalue weighted by atomic mass is 9.87. The molecular weight excluding hydrogens is 481 g/mol. The first kappa shape index (κ1) is 26.4. The summed E-state index contributed by atoms with van der Waals surface area (Å²) in [6.07, 6.45) is 10.1. The van der Waals surface area contributed by atoms with E-state index in [9.17, 15) is 9.18 Å². The van der Waals surface area contributed by atoms with Gasteiger partial charge in [0.05, 0.1) is 16.8 Å². The normalized spacial score (nSPS) is 17.1. The molecule has 0 unspecified atom stereocenters. The maximum absolute atomic E-state index is 13.7. The zero-order chi connectivity index (χ0) is 26.5. The number of hydrogen-bond acceptors (Lipinski definition) is 5. The summed E-state index contributed by atoms with van der Waals surface area (Å²) in [5, 5.41) is 8.82. The van der Waals surface area contributed by atoms with E-state index in [0.717, 1.165) is 72.8 Å². The van der Waals surface area contributed by atoms with E-state index in [0.29, 0.717) is 25.6 Å². The fourth-order valence-corrected chi connectivity index (χ4v) is 5.75. The van der Waals surface area contributed by atoms with Gasteiger partial charge in [-0.3, -0.25) is 0 Å². The Bertz CT molecular complexity index is 1240. The van der Waals surface area contributed by atoms with Crippen LogP contribution in [0.15, 0.2) is 24.3 Å². The maximum atomic E-state index is 13.7. The zero-order valence-corrected chi connectivity index (χ0v) is 22.8. The number of rotatable bonds is 7. The van der Waals surface area contributed by atoms with Crippen LogP contribution in [-0.4, -0.2) is 63.4 Å². The number of hydrogen-bond donors (Lipinski definition) is 1. The summed E-state index contributed by atoms with van der Waals surface area (Å²) < 4.78 is 15.5. The zero-order valence-electron chi connectivity index (χ0n) is 22.8. The van der Waals surface area contributed by atoms with Crippen LogP contribution < -0.4 is 10.2 Å². The molecule has 9 heteroatoms. The van der Waals surface area contributed by atoms with Gasteiger partial charge in [0, 0.05) is 39.1 Å². The van der Waals surface area contributed by atoms with Gasteiger partial charge in [-0.05, 0) is 49.9 Å². The van der Waals surface area contributed by atoms with E-state index in [1.54, 1.807) is 12.1 Å². The Morgan fingerprint density at radius 1 is 1.03 bits per heavy atom. The van der Waals surface area contributed by atoms with Crippen LogP contribution in [0.3, 0.4) is 0 Å². The van der Waals surface area contributed by atoms with Gasteiger partial charge in [0.1, 0.15) is 17.5 Å². The number of anilines is 1. The van der Waals surface area contributed by atoms with Crippen molar-refractivity contribution in [2.45, 2.75) is 71.6 Å². The molecule has 5 rings (SSSR count). The molecule has 2 amide bonds. The number of amides is 2. The Hall–Kier alpha value is -3.23. The summed E-state index contributed by atoms with van der Waals surface area (Å²) in [7, 11) is 0. The number of carbonyl (C=O) groups excluding carboxylic acids is 1. The van der Waals surface area contributed by atoms with Crippen LogP contribution in [0, 0.1) is 18.7 Å². The Balaban J connectivity index is 1.48. The third kappa shape index (κ3) is 5.92. The Morgan fingerprint density at radius 2 is 1.82 bits per heavy atom. The van der Waals surface area contributed by atoms with Gasteiger partial charge in [-0.25, -0.2) is 23.8 Å². The maximum Gasteiger partial charge on any atom is 0.317 e. The number of aryl methyl sites for hydroxylation is 1. The highest BCUT2D eigenvalue weighted by atomic mass is 19.1. The molecule has 2 fully saturated rings. The van der Waals surface area contributed by atoms with Crippen molar-refractivity contribution >= 4 is 22.9 Å². The summed E-state index contributed by atoms with van der Waals surface area (Å²) in [6, 6.07) is 6.41. The smallest absolute Gasteiger partial charge is 0.317 e. The lowest BCUT2D eigenvalue weighted by Crippen LogP contribution is -2.42. The molecule has 2 aromatic heterocycles. The Kier molecular flexibility index (Phi) is 8.39. The van der Waals surface area contributed by atoms with Gasteiger partial charge >= 0.3 is 6.03 Å². The third-order valence-corrected chi connectivity index (χ3v) is 7.89. The molecule has 38 heavy (non-hydrogen) atoms. The highest BCUT2D eigenvalue weighted by Gasteiger charge is 2.26. The van der Waals surface area contributed by atoms with Crippen LogP contribution in [0.5, 0.6) is 0 Å². The predicted molar refractivity (Wildman–Crippen MR) is 148 cm³/mol. The molecule has 0 bridgehead atoms. The molecule has 1 saturated carbocycles. The van der Waals surface area contributed by atoms with Crippen LogP contribution >= 0.6 is 0 Å². The fourth-order valence-electron chi connectivity index (χ4n) is 5.75. The summed E-state index contributed by atoms with van der Waals surface area (Å²) in [4.78, 5) is 27.2. The molecule has 1 saturated heterocycles. The molecular formula is C29H40FN7O. The minimum atomic E-state index is -0.275. The van der Waals surface area contributed by atoms with Crippen LogP contribution in [0.25, 0.3) is 16.7 Å². The molecule has 1 aliphatic heterocycles. The highest BCUT2D eigenvalue weighted by Crippen LogP contribution is 2.32. The summed E-state index contributed by atoms with van der Waals surface area (Å²) in [5.74, 6) is 2.08. The predicted octanol–water partition coefficient (Wildman–Crippen LogP) is 5.41. The van der Waals surface area contributed by atoms with E-state index in [-0.39, 0.29) is 11.8 Å². The first-order valence-electron chi connectivity index (χ1n) is 14.3. The number of benzene rings is 1. The number of halogens is 1. The topological polar surface area (TPSA) is 79.2 Å². The summed E-state index contributed by atoms with van der Waals surface area (Å²) in [5.41, 5.74) is 2.40. The van der Waals surface area contributed by atoms with Crippen molar-refractivity contribution in [2.24, 2.45) is 5.92 Å². The molecule has 1 N–H and O–H groups in total. The van der Waals surface area contributed by atoms with E-state index in [4.69, 9.17) is 15.1 Å². The molecule has 1 aromatic carbocycles. The Labute approximate surface area is 224 Å². The van der Waals surface area contributed by atoms with Crippen LogP contribution in [0.1, 0.15) is 69.8 Å². The standard InChI is InChI=1S/C29H40FN7O/c1-3-4-15-31-29(38)36-17-8-16-35(18-19-36)27-26-21(2)34-37(24-13-11-23(30)12-14-24)28(26)33-25(32-27)20-22-9-6-5-7-10-22/h11-14,22H,3-10,15-20H2,1-2H3,(H,31,38). The van der Waals surface area contributed by atoms with E-state index >= 15 is 0 Å². The van der Waals surface area contributed by atoms with Gasteiger partial charge in [0.2, 0.25) is 0 Å². The second-order valence-electron chi connectivity index (χ2n) is 10.8. The molecule has 8 nitrogen and oxygen atoms in total. The monoisotopic (exact) mass is 521 g/mol. The number of aromatic nitrogens is 4. The van der Waals surface area contributed by atoms with Crippen molar-refractivity contribution in [3.63, 3.8) is 0 Å². The molecule has 3 aromatic rings. The van der Waals surface area contributed by atoms with E-state index in [2.05, 4.69) is 17.1 Å². The van der Waals surface area contributed by atoms with Gasteiger partial charge in [0.25, 0.3) is 0 Å². The van der Waals surface area contributed by atoms with E-state index in [1.807, 2.05) is 16.5 Å². The van der Waals surface area contributed by atoms with Gasteiger partial charge in [-0.2, -0.15) is 5.10 Å². The number of nitrogens with zero attached hydrogens (tertiary/aromatic N) is 6. The van der Waals surface area contributed by atoms with Gasteiger partial charge in [-0.1, -0.05) is 45.4 Å². The SMILES string of the molecule is CCCCNC(=O)N1CCCN(c2nc(CC3CCCCC3)nc3c2c(C)nn3-c2ccc(F)cc2)CC1. The third-order valence-electron chi connectivity index (χ3n) is 7.89. The minimum Gasteiger partial charge on any atom is -0.354 e. The summed E-state index contributed by atoms with van der Waals surface area (Å²) in [6.45, 7) is 7.72. The van der Waals surface area contributed by atoms with Gasteiger partial charge in [0.15, 0.2) is 5.65 Å². The van der Waals surface area contributed by atoms with Crippen molar-refractivity contribution in [1.29, 1.82) is 0 Å². The first-order valence-corrected chi connectivity index (χ1v) is 14.3. The number of carbonyl (C=O) groups is 1. The fraction of sp³-hybridized carbons (Fsp3) is 0.586. The number of nitrogens with one attached hydrogen (secondary N) is 1. The van der Waals surface area contributed by atoms with Crippen molar-refractivity contribution in [2.75, 3.05) is 37.6 Å². The van der Waals surface area contributed by atoms with Crippen LogP contribution in [0.4, 0.5) is 15.0 Å². The molecule has 204 valence electrons. The van der Waals surface area contributed by atoms with Gasteiger partial charge in [-0.15, -0.1) is 0 Å². The van der Waals surface area contributed by atoms with Crippen molar-refractivity contribution in [3.05, 3.63) is 41.6 Å². The van der Waals surface area contributed by atoms with Crippen LogP contribution in [0.2, 0.25) is 0 Å². The highest BCUT2D eigenvalue weighted by molar-refractivity contribution is 5.91. The second-order valence-corrected chi connectivity index (χ2v) is 10.8. The average Bonchev–Trinajstić information content (AvgIpc) is 3.09. The van der Waals surface area contributed by atoms with E-state index < -0.39 is 0 Å². The van der Waals surface area contributed by atoms with Gasteiger partial charge < -0.3 is 15.1 Å². The molecule has 2 aliphatic rings. The quantitative estimate of drug-likeness (QED) is 0.421. The van der Waals surface area contributed by atoms with Crippen molar-refractivity contribution in [3.8, 4) is 5.69 Å². The largest absolute Gasteiger partial charge is 0.354 e. The van der Waals surface area contributed by atoms with E-state index in [1.165, 1.54) is 44.2 Å². The number of fused-ring (bicyclic) bond motifs is 1. The molecule has 1 aliphatic carbocycles. The number of unbranched alkanes of at least 4 members (excludes halogenated alkanes) is 1. The number of urea groups is 1. The average molecular weight is 522 g/mol.